The molecule has 1 aromatic carbocycles. The van der Waals surface area contributed by atoms with Crippen LogP contribution in [0.15, 0.2) is 18.2 Å². The maximum absolute atomic E-state index is 10.8. The minimum Gasteiger partial charge on any atom is -0.478 e. The average molecular weight is 233 g/mol. The molecular formula is C12H15N3O2. The third kappa shape index (κ3) is 2.08. The first-order valence-corrected chi connectivity index (χ1v) is 5.48. The second-order valence-electron chi connectivity index (χ2n) is 4.48. The number of nitrogens with zero attached hydrogens (tertiary/aromatic N) is 2. The maximum atomic E-state index is 10.8. The van der Waals surface area contributed by atoms with E-state index >= 15 is 0 Å². The van der Waals surface area contributed by atoms with Crippen LogP contribution < -0.4 is 5.73 Å². The van der Waals surface area contributed by atoms with Crippen molar-refractivity contribution in [1.82, 2.24) is 9.55 Å². The summed E-state index contributed by atoms with van der Waals surface area (Å²) in [4.78, 5) is 15.0. The molecule has 0 saturated carbocycles. The number of fused-ring (bicyclic) bond motifs is 1. The van der Waals surface area contributed by atoms with E-state index in [2.05, 4.69) is 18.8 Å². The minimum atomic E-state index is -0.955. The summed E-state index contributed by atoms with van der Waals surface area (Å²) in [6.07, 6.45) is 0. The summed E-state index contributed by atoms with van der Waals surface area (Å²) in [5.74, 6) is -0.0750. The first kappa shape index (κ1) is 11.4. The Hall–Kier alpha value is -2.04. The van der Waals surface area contributed by atoms with Crippen LogP contribution >= 0.6 is 0 Å². The van der Waals surface area contributed by atoms with E-state index in [1.54, 1.807) is 18.2 Å². The Labute approximate surface area is 98.9 Å². The standard InChI is InChI=1S/C12H15N3O2/c1-7(2)6-15-10-4-3-8(11(16)17)5-9(10)14-12(15)13/h3-5,7H,6H2,1-2H3,(H2,13,14)(H,16,17). The molecule has 0 bridgehead atoms. The first-order chi connectivity index (χ1) is 7.99. The lowest BCUT2D eigenvalue weighted by Crippen LogP contribution is -2.07. The van der Waals surface area contributed by atoms with Crippen molar-refractivity contribution >= 4 is 23.0 Å². The van der Waals surface area contributed by atoms with Crippen LogP contribution in [0.2, 0.25) is 0 Å². The van der Waals surface area contributed by atoms with Crippen LogP contribution in [-0.4, -0.2) is 20.6 Å². The van der Waals surface area contributed by atoms with Gasteiger partial charge in [0.25, 0.3) is 0 Å². The highest BCUT2D eigenvalue weighted by Gasteiger charge is 2.11. The van der Waals surface area contributed by atoms with Gasteiger partial charge in [0.1, 0.15) is 0 Å². The number of aromatic carboxylic acids is 1. The van der Waals surface area contributed by atoms with Crippen molar-refractivity contribution in [2.24, 2.45) is 5.92 Å². The number of benzene rings is 1. The van der Waals surface area contributed by atoms with Gasteiger partial charge in [-0.25, -0.2) is 9.78 Å². The van der Waals surface area contributed by atoms with Gasteiger partial charge in [0.2, 0.25) is 5.95 Å². The van der Waals surface area contributed by atoms with Crippen molar-refractivity contribution < 1.29 is 9.90 Å². The van der Waals surface area contributed by atoms with Gasteiger partial charge in [-0.05, 0) is 24.1 Å². The molecule has 0 aliphatic carbocycles. The highest BCUT2D eigenvalue weighted by atomic mass is 16.4. The molecule has 0 atom stereocenters. The summed E-state index contributed by atoms with van der Waals surface area (Å²) in [6.45, 7) is 4.96. The largest absolute Gasteiger partial charge is 0.478 e. The molecule has 1 aromatic heterocycles. The third-order valence-electron chi connectivity index (χ3n) is 2.57. The number of aromatic nitrogens is 2. The zero-order valence-corrected chi connectivity index (χ0v) is 9.84. The topological polar surface area (TPSA) is 81.1 Å². The first-order valence-electron chi connectivity index (χ1n) is 5.48. The number of nitrogen functional groups attached to an aromatic ring is 1. The third-order valence-corrected chi connectivity index (χ3v) is 2.57. The van der Waals surface area contributed by atoms with E-state index in [1.165, 1.54) is 0 Å². The molecular weight excluding hydrogens is 218 g/mol. The van der Waals surface area contributed by atoms with Crippen LogP contribution in [0, 0.1) is 5.92 Å². The number of rotatable bonds is 3. The Morgan fingerprint density at radius 2 is 2.24 bits per heavy atom. The van der Waals surface area contributed by atoms with Crippen LogP contribution in [0.5, 0.6) is 0 Å². The molecule has 0 aliphatic heterocycles. The van der Waals surface area contributed by atoms with Crippen molar-refractivity contribution in [3.05, 3.63) is 23.8 Å². The Morgan fingerprint density at radius 1 is 1.53 bits per heavy atom. The molecule has 0 radical (unpaired) electrons. The van der Waals surface area contributed by atoms with Crippen molar-refractivity contribution in [2.45, 2.75) is 20.4 Å². The number of hydrogen-bond donors (Lipinski definition) is 2. The van der Waals surface area contributed by atoms with Crippen LogP contribution in [-0.2, 0) is 6.54 Å². The van der Waals surface area contributed by atoms with E-state index in [4.69, 9.17) is 10.8 Å². The van der Waals surface area contributed by atoms with Crippen molar-refractivity contribution in [1.29, 1.82) is 0 Å². The number of nitrogens with two attached hydrogens (primary N) is 1. The normalized spacial score (nSPS) is 11.2. The molecule has 5 nitrogen and oxygen atoms in total. The molecule has 1 heterocycles. The SMILES string of the molecule is CC(C)Cn1c(N)nc2cc(C(=O)O)ccc21. The zero-order chi connectivity index (χ0) is 12.6. The lowest BCUT2D eigenvalue weighted by molar-refractivity contribution is 0.0697. The van der Waals surface area contributed by atoms with E-state index in [1.807, 2.05) is 4.57 Å². The summed E-state index contributed by atoms with van der Waals surface area (Å²) < 4.78 is 1.91. The van der Waals surface area contributed by atoms with Crippen LogP contribution in [0.4, 0.5) is 5.95 Å². The Morgan fingerprint density at radius 3 is 2.82 bits per heavy atom. The highest BCUT2D eigenvalue weighted by molar-refractivity contribution is 5.92. The molecule has 90 valence electrons. The minimum absolute atomic E-state index is 0.228. The molecule has 2 rings (SSSR count). The molecule has 2 aromatic rings. The molecule has 0 amide bonds. The summed E-state index contributed by atoms with van der Waals surface area (Å²) >= 11 is 0. The van der Waals surface area contributed by atoms with Gasteiger partial charge in [-0.2, -0.15) is 0 Å². The molecule has 0 saturated heterocycles. The summed E-state index contributed by atoms with van der Waals surface area (Å²) in [6, 6.07) is 4.87. The van der Waals surface area contributed by atoms with Crippen LogP contribution in [0.25, 0.3) is 11.0 Å². The molecule has 17 heavy (non-hydrogen) atoms. The number of hydrogen-bond acceptors (Lipinski definition) is 3. The molecule has 0 unspecified atom stereocenters. The number of carboxylic acids is 1. The van der Waals surface area contributed by atoms with Crippen molar-refractivity contribution in [2.75, 3.05) is 5.73 Å². The van der Waals surface area contributed by atoms with Gasteiger partial charge in [0, 0.05) is 6.54 Å². The van der Waals surface area contributed by atoms with Crippen LogP contribution in [0.3, 0.4) is 0 Å². The van der Waals surface area contributed by atoms with Gasteiger partial charge >= 0.3 is 5.97 Å². The van der Waals surface area contributed by atoms with Crippen molar-refractivity contribution in [3.63, 3.8) is 0 Å². The monoisotopic (exact) mass is 233 g/mol. The Bertz CT molecular complexity index is 572. The number of carboxylic acid groups (broad SMARTS) is 1. The lowest BCUT2D eigenvalue weighted by atomic mass is 10.2. The Balaban J connectivity index is 2.56. The quantitative estimate of drug-likeness (QED) is 0.849. The van der Waals surface area contributed by atoms with E-state index in [0.29, 0.717) is 17.4 Å². The smallest absolute Gasteiger partial charge is 0.335 e. The predicted molar refractivity (Wildman–Crippen MR) is 65.9 cm³/mol. The van der Waals surface area contributed by atoms with Crippen molar-refractivity contribution in [3.8, 4) is 0 Å². The fourth-order valence-electron chi connectivity index (χ4n) is 1.84. The van der Waals surface area contributed by atoms with E-state index in [-0.39, 0.29) is 5.56 Å². The van der Waals surface area contributed by atoms with E-state index in [0.717, 1.165) is 12.1 Å². The van der Waals surface area contributed by atoms with Gasteiger partial charge in [-0.3, -0.25) is 0 Å². The number of carbonyl (C=O) groups is 1. The molecule has 0 aliphatic rings. The average Bonchev–Trinajstić information content (AvgIpc) is 2.54. The van der Waals surface area contributed by atoms with Gasteiger partial charge in [-0.1, -0.05) is 13.8 Å². The number of imidazole rings is 1. The van der Waals surface area contributed by atoms with Gasteiger partial charge in [0.05, 0.1) is 16.6 Å². The summed E-state index contributed by atoms with van der Waals surface area (Å²) in [5.41, 5.74) is 7.56. The van der Waals surface area contributed by atoms with E-state index < -0.39 is 5.97 Å². The van der Waals surface area contributed by atoms with E-state index in [9.17, 15) is 4.79 Å². The van der Waals surface area contributed by atoms with Gasteiger partial charge in [-0.15, -0.1) is 0 Å². The molecule has 0 spiro atoms. The second-order valence-corrected chi connectivity index (χ2v) is 4.48. The lowest BCUT2D eigenvalue weighted by Gasteiger charge is -2.08. The van der Waals surface area contributed by atoms with Gasteiger partial charge < -0.3 is 15.4 Å². The number of anilines is 1. The summed E-state index contributed by atoms with van der Waals surface area (Å²) in [7, 11) is 0. The fraction of sp³-hybridized carbons (Fsp3) is 0.333. The highest BCUT2D eigenvalue weighted by Crippen LogP contribution is 2.20. The Kier molecular flexibility index (Phi) is 2.75. The van der Waals surface area contributed by atoms with Gasteiger partial charge in [0.15, 0.2) is 0 Å². The zero-order valence-electron chi connectivity index (χ0n) is 9.84. The fourth-order valence-corrected chi connectivity index (χ4v) is 1.84. The second kappa shape index (κ2) is 4.08. The molecule has 5 heteroatoms. The van der Waals surface area contributed by atoms with Crippen LogP contribution in [0.1, 0.15) is 24.2 Å². The predicted octanol–water partition coefficient (Wildman–Crippen LogP) is 1.97. The summed E-state index contributed by atoms with van der Waals surface area (Å²) in [5, 5.41) is 8.90. The maximum Gasteiger partial charge on any atom is 0.335 e. The molecule has 3 N–H and O–H groups in total. The molecule has 0 fully saturated rings.